The molecule has 1 aromatic heterocycles. The quantitative estimate of drug-likeness (QED) is 0.848. The highest BCUT2D eigenvalue weighted by atomic mass is 79.9. The number of anilines is 1. The summed E-state index contributed by atoms with van der Waals surface area (Å²) in [5.41, 5.74) is 0.652. The Morgan fingerprint density at radius 2 is 2.15 bits per heavy atom. The Balaban J connectivity index is 2.32. The number of rotatable bonds is 2. The smallest absolute Gasteiger partial charge is 0.276 e. The second-order valence-corrected chi connectivity index (χ2v) is 4.92. The molecule has 2 rings (SSSR count). The highest BCUT2D eigenvalue weighted by Gasteiger charge is 2.18. The van der Waals surface area contributed by atoms with Crippen LogP contribution in [-0.2, 0) is 0 Å². The molecule has 0 unspecified atom stereocenters. The van der Waals surface area contributed by atoms with Crippen molar-refractivity contribution in [1.82, 2.24) is 4.98 Å². The van der Waals surface area contributed by atoms with E-state index in [1.165, 1.54) is 42.4 Å². The maximum atomic E-state index is 13.7. The molecule has 1 amide bonds. The highest BCUT2D eigenvalue weighted by Crippen LogP contribution is 2.24. The average Bonchev–Trinajstić information content (AvgIpc) is 2.48. The zero-order valence-electron chi connectivity index (χ0n) is 10.5. The van der Waals surface area contributed by atoms with Crippen LogP contribution < -0.4 is 4.90 Å². The summed E-state index contributed by atoms with van der Waals surface area (Å²) in [4.78, 5) is 17.3. The first-order valence-electron chi connectivity index (χ1n) is 5.62. The van der Waals surface area contributed by atoms with Gasteiger partial charge < -0.3 is 4.90 Å². The number of hydrogen-bond acceptors (Lipinski definition) is 3. The summed E-state index contributed by atoms with van der Waals surface area (Å²) in [6, 6.07) is 9.18. The van der Waals surface area contributed by atoms with Crippen LogP contribution in [-0.4, -0.2) is 17.9 Å². The number of carbonyl (C=O) groups is 1. The van der Waals surface area contributed by atoms with E-state index in [1.54, 1.807) is 6.07 Å². The minimum Gasteiger partial charge on any atom is -0.307 e. The Morgan fingerprint density at radius 3 is 2.75 bits per heavy atom. The molecule has 2 aromatic rings. The molecule has 1 aromatic carbocycles. The van der Waals surface area contributed by atoms with E-state index in [0.717, 1.165) is 0 Å². The van der Waals surface area contributed by atoms with Crippen molar-refractivity contribution in [3.63, 3.8) is 0 Å². The fourth-order valence-electron chi connectivity index (χ4n) is 1.61. The largest absolute Gasteiger partial charge is 0.307 e. The van der Waals surface area contributed by atoms with E-state index in [1.807, 2.05) is 6.07 Å². The van der Waals surface area contributed by atoms with E-state index in [-0.39, 0.29) is 11.4 Å². The summed E-state index contributed by atoms with van der Waals surface area (Å²) < 4.78 is 14.4. The molecule has 0 fully saturated rings. The van der Waals surface area contributed by atoms with Gasteiger partial charge in [0.1, 0.15) is 17.6 Å². The fraction of sp³-hybridized carbons (Fsp3) is 0.0714. The molecule has 0 radical (unpaired) electrons. The van der Waals surface area contributed by atoms with E-state index in [9.17, 15) is 9.18 Å². The summed E-state index contributed by atoms with van der Waals surface area (Å²) in [6.45, 7) is 0. The maximum Gasteiger partial charge on any atom is 0.276 e. The molecule has 0 bridgehead atoms. The Morgan fingerprint density at radius 1 is 1.40 bits per heavy atom. The van der Waals surface area contributed by atoms with Gasteiger partial charge in [0.25, 0.3) is 5.91 Å². The Labute approximate surface area is 123 Å². The number of benzene rings is 1. The van der Waals surface area contributed by atoms with E-state index in [0.29, 0.717) is 10.0 Å². The fourth-order valence-corrected chi connectivity index (χ4v) is 1.96. The summed E-state index contributed by atoms with van der Waals surface area (Å²) in [7, 11) is 1.47. The van der Waals surface area contributed by atoms with Crippen molar-refractivity contribution in [3.05, 3.63) is 58.1 Å². The monoisotopic (exact) mass is 333 g/mol. The molecule has 1 heterocycles. The van der Waals surface area contributed by atoms with Crippen LogP contribution in [0.25, 0.3) is 0 Å². The van der Waals surface area contributed by atoms with Crippen molar-refractivity contribution < 1.29 is 9.18 Å². The third kappa shape index (κ3) is 2.83. The summed E-state index contributed by atoms with van der Waals surface area (Å²) in [6.07, 6.45) is 1.30. The molecular weight excluding hydrogens is 325 g/mol. The predicted molar refractivity (Wildman–Crippen MR) is 75.8 cm³/mol. The second kappa shape index (κ2) is 5.80. The zero-order chi connectivity index (χ0) is 14.7. The van der Waals surface area contributed by atoms with Gasteiger partial charge in [-0.15, -0.1) is 0 Å². The molecule has 100 valence electrons. The minimum absolute atomic E-state index is 0.144. The lowest BCUT2D eigenvalue weighted by molar-refractivity contribution is 0.0987. The predicted octanol–water partition coefficient (Wildman–Crippen LogP) is 3.13. The Kier molecular flexibility index (Phi) is 4.11. The number of nitrogens with zero attached hydrogens (tertiary/aromatic N) is 3. The molecule has 0 aliphatic heterocycles. The van der Waals surface area contributed by atoms with Gasteiger partial charge in [-0.1, -0.05) is 15.9 Å². The summed E-state index contributed by atoms with van der Waals surface area (Å²) in [5.74, 6) is -0.954. The number of carbonyl (C=O) groups excluding carboxylic acids is 1. The van der Waals surface area contributed by atoms with Crippen LogP contribution in [0.2, 0.25) is 0 Å². The number of halogens is 2. The standard InChI is InChI=1S/C14H9BrFN3O/c1-19(13-6-10(15)3-4-11(13)16)14(20)12-5-2-9(7-17)8-18-12/h2-6,8H,1H3. The molecule has 0 saturated heterocycles. The van der Waals surface area contributed by atoms with Crippen molar-refractivity contribution in [2.24, 2.45) is 0 Å². The van der Waals surface area contributed by atoms with Crippen LogP contribution in [0.1, 0.15) is 16.1 Å². The van der Waals surface area contributed by atoms with Gasteiger partial charge in [-0.25, -0.2) is 9.37 Å². The molecule has 0 atom stereocenters. The van der Waals surface area contributed by atoms with Gasteiger partial charge >= 0.3 is 0 Å². The van der Waals surface area contributed by atoms with E-state index in [2.05, 4.69) is 20.9 Å². The SMILES string of the molecule is CN(C(=O)c1ccc(C#N)cn1)c1cc(Br)ccc1F. The lowest BCUT2D eigenvalue weighted by Gasteiger charge is -2.17. The van der Waals surface area contributed by atoms with Crippen LogP contribution in [0.15, 0.2) is 41.0 Å². The van der Waals surface area contributed by atoms with Crippen molar-refractivity contribution in [2.75, 3.05) is 11.9 Å². The van der Waals surface area contributed by atoms with E-state index < -0.39 is 11.7 Å². The molecular formula is C14H9BrFN3O. The van der Waals surface area contributed by atoms with Gasteiger partial charge in [0.2, 0.25) is 0 Å². The first-order chi connectivity index (χ1) is 9.52. The van der Waals surface area contributed by atoms with Crippen LogP contribution >= 0.6 is 15.9 Å². The Hall–Kier alpha value is -2.26. The van der Waals surface area contributed by atoms with Gasteiger partial charge in [-0.05, 0) is 30.3 Å². The molecule has 0 saturated carbocycles. The van der Waals surface area contributed by atoms with Gasteiger partial charge in [0.05, 0.1) is 11.3 Å². The number of aromatic nitrogens is 1. The van der Waals surface area contributed by atoms with Crippen molar-refractivity contribution in [2.45, 2.75) is 0 Å². The molecule has 0 aliphatic rings. The van der Waals surface area contributed by atoms with E-state index >= 15 is 0 Å². The van der Waals surface area contributed by atoms with Gasteiger partial charge in [-0.3, -0.25) is 4.79 Å². The Bertz CT molecular complexity index is 695. The van der Waals surface area contributed by atoms with Gasteiger partial charge in [0.15, 0.2) is 0 Å². The van der Waals surface area contributed by atoms with Crippen LogP contribution in [0.4, 0.5) is 10.1 Å². The third-order valence-corrected chi connectivity index (χ3v) is 3.18. The number of hydrogen-bond donors (Lipinski definition) is 0. The van der Waals surface area contributed by atoms with Crippen molar-refractivity contribution >= 4 is 27.5 Å². The molecule has 0 spiro atoms. The van der Waals surface area contributed by atoms with Crippen molar-refractivity contribution in [3.8, 4) is 6.07 Å². The van der Waals surface area contributed by atoms with Crippen LogP contribution in [0, 0.1) is 17.1 Å². The second-order valence-electron chi connectivity index (χ2n) is 4.00. The van der Waals surface area contributed by atoms with Gasteiger partial charge in [-0.2, -0.15) is 5.26 Å². The zero-order valence-corrected chi connectivity index (χ0v) is 12.1. The third-order valence-electron chi connectivity index (χ3n) is 2.69. The number of nitriles is 1. The topological polar surface area (TPSA) is 57.0 Å². The van der Waals surface area contributed by atoms with Crippen molar-refractivity contribution in [1.29, 1.82) is 5.26 Å². The first-order valence-corrected chi connectivity index (χ1v) is 6.41. The summed E-state index contributed by atoms with van der Waals surface area (Å²) >= 11 is 3.23. The normalized spacial score (nSPS) is 9.90. The minimum atomic E-state index is -0.502. The summed E-state index contributed by atoms with van der Waals surface area (Å²) in [5, 5.41) is 8.68. The van der Waals surface area contributed by atoms with E-state index in [4.69, 9.17) is 5.26 Å². The number of amides is 1. The molecule has 6 heteroatoms. The average molecular weight is 334 g/mol. The van der Waals surface area contributed by atoms with Crippen LogP contribution in [0.3, 0.4) is 0 Å². The lowest BCUT2D eigenvalue weighted by atomic mass is 10.2. The molecule has 0 aliphatic carbocycles. The highest BCUT2D eigenvalue weighted by molar-refractivity contribution is 9.10. The number of pyridine rings is 1. The molecule has 20 heavy (non-hydrogen) atoms. The molecule has 4 nitrogen and oxygen atoms in total. The van der Waals surface area contributed by atoms with Crippen LogP contribution in [0.5, 0.6) is 0 Å². The van der Waals surface area contributed by atoms with Gasteiger partial charge in [0, 0.05) is 17.7 Å². The lowest BCUT2D eigenvalue weighted by Crippen LogP contribution is -2.27. The maximum absolute atomic E-state index is 13.7. The molecule has 0 N–H and O–H groups in total. The first kappa shape index (κ1) is 14.2.